The van der Waals surface area contributed by atoms with E-state index in [2.05, 4.69) is 5.32 Å². The highest BCUT2D eigenvalue weighted by molar-refractivity contribution is 7.84. The van der Waals surface area contributed by atoms with E-state index in [9.17, 15) is 4.21 Å². The molecule has 0 amide bonds. The SMILES string of the molecule is CS(=O)CCCNc1ccc(N)cc1. The topological polar surface area (TPSA) is 55.1 Å². The third kappa shape index (κ3) is 4.28. The van der Waals surface area contributed by atoms with Gasteiger partial charge in [0.05, 0.1) is 0 Å². The smallest absolute Gasteiger partial charge is 0.0341 e. The molecule has 3 nitrogen and oxygen atoms in total. The molecule has 0 saturated carbocycles. The van der Waals surface area contributed by atoms with Gasteiger partial charge in [0.25, 0.3) is 0 Å². The van der Waals surface area contributed by atoms with Crippen molar-refractivity contribution in [3.63, 3.8) is 0 Å². The first-order valence-corrected chi connectivity index (χ1v) is 6.30. The Morgan fingerprint density at radius 2 is 2.00 bits per heavy atom. The first kappa shape index (κ1) is 11.0. The molecule has 0 spiro atoms. The van der Waals surface area contributed by atoms with Crippen molar-refractivity contribution in [3.8, 4) is 0 Å². The fourth-order valence-electron chi connectivity index (χ4n) is 1.11. The van der Waals surface area contributed by atoms with E-state index in [1.165, 1.54) is 0 Å². The first-order valence-electron chi connectivity index (χ1n) is 4.58. The van der Waals surface area contributed by atoms with E-state index in [1.54, 1.807) is 6.26 Å². The molecular formula is C10H16N2OS. The van der Waals surface area contributed by atoms with Gasteiger partial charge in [0.1, 0.15) is 0 Å². The van der Waals surface area contributed by atoms with Crippen LogP contribution in [0.2, 0.25) is 0 Å². The number of nitrogens with one attached hydrogen (secondary N) is 1. The Morgan fingerprint density at radius 1 is 1.36 bits per heavy atom. The molecule has 0 bridgehead atoms. The van der Waals surface area contributed by atoms with E-state index >= 15 is 0 Å². The summed E-state index contributed by atoms with van der Waals surface area (Å²) in [5, 5.41) is 3.24. The van der Waals surface area contributed by atoms with E-state index < -0.39 is 10.8 Å². The van der Waals surface area contributed by atoms with Gasteiger partial charge >= 0.3 is 0 Å². The van der Waals surface area contributed by atoms with E-state index in [4.69, 9.17) is 5.73 Å². The van der Waals surface area contributed by atoms with Crippen LogP contribution in [0.5, 0.6) is 0 Å². The van der Waals surface area contributed by atoms with E-state index in [1.807, 2.05) is 24.3 Å². The third-order valence-corrected chi connectivity index (χ3v) is 2.71. The quantitative estimate of drug-likeness (QED) is 0.574. The first-order chi connectivity index (χ1) is 6.68. The Balaban J connectivity index is 2.25. The molecule has 4 heteroatoms. The number of hydrogen-bond acceptors (Lipinski definition) is 3. The Morgan fingerprint density at radius 3 is 2.57 bits per heavy atom. The molecule has 78 valence electrons. The lowest BCUT2D eigenvalue weighted by Crippen LogP contribution is -2.05. The zero-order chi connectivity index (χ0) is 10.4. The van der Waals surface area contributed by atoms with Crippen LogP contribution in [0.3, 0.4) is 0 Å². The van der Waals surface area contributed by atoms with Crippen molar-refractivity contribution in [2.75, 3.05) is 29.6 Å². The minimum Gasteiger partial charge on any atom is -0.399 e. The van der Waals surface area contributed by atoms with Crippen molar-refractivity contribution in [2.24, 2.45) is 0 Å². The Labute approximate surface area is 87.2 Å². The average molecular weight is 212 g/mol. The highest BCUT2D eigenvalue weighted by Gasteiger charge is 1.93. The van der Waals surface area contributed by atoms with Gasteiger partial charge in [-0.25, -0.2) is 0 Å². The fourth-order valence-corrected chi connectivity index (χ4v) is 1.66. The predicted molar refractivity (Wildman–Crippen MR) is 62.9 cm³/mol. The van der Waals surface area contributed by atoms with Crippen LogP contribution in [0, 0.1) is 0 Å². The van der Waals surface area contributed by atoms with E-state index in [-0.39, 0.29) is 0 Å². The second-order valence-corrected chi connectivity index (χ2v) is 4.73. The second-order valence-electron chi connectivity index (χ2n) is 3.18. The lowest BCUT2D eigenvalue weighted by molar-refractivity contribution is 0.685. The number of hydrogen-bond donors (Lipinski definition) is 2. The van der Waals surface area contributed by atoms with Gasteiger partial charge in [-0.3, -0.25) is 4.21 Å². The average Bonchev–Trinajstić information content (AvgIpc) is 2.15. The molecule has 1 aromatic carbocycles. The minimum atomic E-state index is -0.687. The highest BCUT2D eigenvalue weighted by Crippen LogP contribution is 2.09. The lowest BCUT2D eigenvalue weighted by Gasteiger charge is -2.05. The van der Waals surface area contributed by atoms with Gasteiger partial charge in [0, 0.05) is 40.7 Å². The molecule has 0 aliphatic rings. The maximum Gasteiger partial charge on any atom is 0.0341 e. The zero-order valence-electron chi connectivity index (χ0n) is 8.32. The number of rotatable bonds is 5. The van der Waals surface area contributed by atoms with Gasteiger partial charge in [-0.15, -0.1) is 0 Å². The summed E-state index contributed by atoms with van der Waals surface area (Å²) in [5.74, 6) is 0.752. The van der Waals surface area contributed by atoms with Crippen LogP contribution >= 0.6 is 0 Å². The van der Waals surface area contributed by atoms with Crippen LogP contribution in [0.4, 0.5) is 11.4 Å². The molecule has 1 aromatic rings. The van der Waals surface area contributed by atoms with Crippen LogP contribution in [0.15, 0.2) is 24.3 Å². The van der Waals surface area contributed by atoms with Gasteiger partial charge in [0.15, 0.2) is 0 Å². The lowest BCUT2D eigenvalue weighted by atomic mass is 10.3. The summed E-state index contributed by atoms with van der Waals surface area (Å²) in [7, 11) is -0.687. The summed E-state index contributed by atoms with van der Waals surface area (Å²) in [6, 6.07) is 7.61. The van der Waals surface area contributed by atoms with Gasteiger partial charge in [0.2, 0.25) is 0 Å². The molecule has 0 aliphatic carbocycles. The van der Waals surface area contributed by atoms with E-state index in [0.717, 1.165) is 30.1 Å². The normalized spacial score (nSPS) is 12.4. The Bertz CT molecular complexity index is 297. The van der Waals surface area contributed by atoms with Crippen molar-refractivity contribution in [1.82, 2.24) is 0 Å². The molecule has 0 fully saturated rings. The molecule has 0 aliphatic heterocycles. The molecule has 1 unspecified atom stereocenters. The van der Waals surface area contributed by atoms with Crippen molar-refractivity contribution in [3.05, 3.63) is 24.3 Å². The van der Waals surface area contributed by atoms with Gasteiger partial charge < -0.3 is 11.1 Å². The number of nitrogen functional groups attached to an aromatic ring is 1. The number of anilines is 2. The molecule has 0 radical (unpaired) electrons. The van der Waals surface area contributed by atoms with Crippen LogP contribution in [-0.4, -0.2) is 22.8 Å². The van der Waals surface area contributed by atoms with Crippen LogP contribution in [-0.2, 0) is 10.8 Å². The Hall–Kier alpha value is -1.03. The maximum absolute atomic E-state index is 10.8. The van der Waals surface area contributed by atoms with Gasteiger partial charge in [-0.05, 0) is 30.7 Å². The Kier molecular flexibility index (Phi) is 4.46. The fraction of sp³-hybridized carbons (Fsp3) is 0.400. The second kappa shape index (κ2) is 5.65. The van der Waals surface area contributed by atoms with Crippen molar-refractivity contribution < 1.29 is 4.21 Å². The molecule has 0 heterocycles. The largest absolute Gasteiger partial charge is 0.399 e. The zero-order valence-corrected chi connectivity index (χ0v) is 9.14. The van der Waals surface area contributed by atoms with Gasteiger partial charge in [-0.2, -0.15) is 0 Å². The molecule has 0 aromatic heterocycles. The maximum atomic E-state index is 10.8. The van der Waals surface area contributed by atoms with Crippen molar-refractivity contribution in [2.45, 2.75) is 6.42 Å². The molecule has 14 heavy (non-hydrogen) atoms. The number of benzene rings is 1. The third-order valence-electron chi connectivity index (χ3n) is 1.85. The van der Waals surface area contributed by atoms with Gasteiger partial charge in [-0.1, -0.05) is 0 Å². The van der Waals surface area contributed by atoms with Crippen LogP contribution in [0.25, 0.3) is 0 Å². The van der Waals surface area contributed by atoms with E-state index in [0.29, 0.717) is 0 Å². The monoisotopic (exact) mass is 212 g/mol. The molecule has 1 rings (SSSR count). The minimum absolute atomic E-state index is 0.687. The summed E-state index contributed by atoms with van der Waals surface area (Å²) in [6.07, 6.45) is 2.65. The van der Waals surface area contributed by atoms with Crippen molar-refractivity contribution >= 4 is 22.2 Å². The summed E-state index contributed by atoms with van der Waals surface area (Å²) in [4.78, 5) is 0. The molecule has 1 atom stereocenters. The molecular weight excluding hydrogens is 196 g/mol. The number of nitrogens with two attached hydrogens (primary N) is 1. The predicted octanol–water partition coefficient (Wildman–Crippen LogP) is 1.45. The summed E-state index contributed by atoms with van der Waals surface area (Å²) >= 11 is 0. The highest BCUT2D eigenvalue weighted by atomic mass is 32.2. The summed E-state index contributed by atoms with van der Waals surface area (Å²) in [6.45, 7) is 0.851. The standard InChI is InChI=1S/C10H16N2OS/c1-14(13)8-2-7-12-10-5-3-9(11)4-6-10/h3-6,12H,2,7-8,11H2,1H3. The van der Waals surface area contributed by atoms with Crippen molar-refractivity contribution in [1.29, 1.82) is 0 Å². The summed E-state index contributed by atoms with van der Waals surface area (Å²) < 4.78 is 10.8. The summed E-state index contributed by atoms with van der Waals surface area (Å²) in [5.41, 5.74) is 7.38. The van der Waals surface area contributed by atoms with Crippen LogP contribution < -0.4 is 11.1 Å². The van der Waals surface area contributed by atoms with Crippen LogP contribution in [0.1, 0.15) is 6.42 Å². The molecule has 3 N–H and O–H groups in total. The molecule has 0 saturated heterocycles.